The molecule has 1 N–H and O–H groups in total. The topological polar surface area (TPSA) is 84.9 Å². The lowest BCUT2D eigenvalue weighted by Crippen LogP contribution is -2.44. The van der Waals surface area contributed by atoms with E-state index >= 15 is 0 Å². The maximum absolute atomic E-state index is 12.0. The van der Waals surface area contributed by atoms with E-state index in [2.05, 4.69) is 5.32 Å². The van der Waals surface area contributed by atoms with E-state index in [9.17, 15) is 13.2 Å². The van der Waals surface area contributed by atoms with Crippen molar-refractivity contribution in [3.8, 4) is 11.5 Å². The first-order valence-electron chi connectivity index (χ1n) is 7.63. The molecule has 24 heavy (non-hydrogen) atoms. The highest BCUT2D eigenvalue weighted by atomic mass is 32.2. The molecule has 0 saturated carbocycles. The normalized spacial score (nSPS) is 11.6. The van der Waals surface area contributed by atoms with E-state index in [0.717, 1.165) is 11.8 Å². The van der Waals surface area contributed by atoms with E-state index in [0.29, 0.717) is 24.5 Å². The van der Waals surface area contributed by atoms with Crippen molar-refractivity contribution in [3.63, 3.8) is 0 Å². The van der Waals surface area contributed by atoms with E-state index in [1.807, 2.05) is 12.1 Å². The Bertz CT molecular complexity index is 658. The molecule has 0 radical (unpaired) electrons. The molecule has 1 aromatic rings. The molecule has 136 valence electrons. The molecule has 0 spiro atoms. The number of hydrogen-bond acceptors (Lipinski definition) is 5. The Morgan fingerprint density at radius 2 is 1.83 bits per heavy atom. The number of sulfonamides is 1. The van der Waals surface area contributed by atoms with Gasteiger partial charge in [-0.25, -0.2) is 8.42 Å². The number of benzene rings is 1. The maximum atomic E-state index is 12.0. The van der Waals surface area contributed by atoms with Crippen molar-refractivity contribution in [2.24, 2.45) is 0 Å². The predicted molar refractivity (Wildman–Crippen MR) is 92.9 cm³/mol. The van der Waals surface area contributed by atoms with Gasteiger partial charge in [-0.05, 0) is 38.0 Å². The smallest absolute Gasteiger partial charge is 0.235 e. The van der Waals surface area contributed by atoms with Gasteiger partial charge in [-0.2, -0.15) is 4.31 Å². The molecule has 1 amide bonds. The van der Waals surface area contributed by atoms with E-state index in [1.54, 1.807) is 34.1 Å². The van der Waals surface area contributed by atoms with Crippen LogP contribution in [0, 0.1) is 0 Å². The van der Waals surface area contributed by atoms with E-state index in [4.69, 9.17) is 9.47 Å². The lowest BCUT2D eigenvalue weighted by Gasteiger charge is -2.23. The lowest BCUT2D eigenvalue weighted by molar-refractivity contribution is -0.121. The summed E-state index contributed by atoms with van der Waals surface area (Å²) in [5.41, 5.74) is 0.983. The Balaban J connectivity index is 2.57. The zero-order valence-corrected chi connectivity index (χ0v) is 15.6. The summed E-state index contributed by atoms with van der Waals surface area (Å²) < 4.78 is 34.9. The molecule has 0 aliphatic heterocycles. The van der Waals surface area contributed by atoms with Gasteiger partial charge in [-0.3, -0.25) is 4.79 Å². The molecule has 0 aliphatic carbocycles. The molecule has 1 rings (SSSR count). The fraction of sp³-hybridized carbons (Fsp3) is 0.562. The van der Waals surface area contributed by atoms with Crippen LogP contribution in [0.15, 0.2) is 18.2 Å². The van der Waals surface area contributed by atoms with Crippen LogP contribution in [-0.2, 0) is 21.2 Å². The first-order chi connectivity index (χ1) is 11.2. The number of hydrogen-bond donors (Lipinski definition) is 1. The van der Waals surface area contributed by atoms with Crippen LogP contribution in [0.25, 0.3) is 0 Å². The average molecular weight is 358 g/mol. The van der Waals surface area contributed by atoms with Gasteiger partial charge in [0.1, 0.15) is 0 Å². The number of carbonyl (C=O) groups is 1. The second-order valence-electron chi connectivity index (χ2n) is 5.69. The Kier molecular flexibility index (Phi) is 7.50. The first-order valence-corrected chi connectivity index (χ1v) is 9.48. The molecular weight excluding hydrogens is 332 g/mol. The van der Waals surface area contributed by atoms with Crippen molar-refractivity contribution in [3.05, 3.63) is 23.8 Å². The van der Waals surface area contributed by atoms with Gasteiger partial charge >= 0.3 is 0 Å². The van der Waals surface area contributed by atoms with Crippen molar-refractivity contribution in [2.75, 3.05) is 33.6 Å². The van der Waals surface area contributed by atoms with Gasteiger partial charge in [0, 0.05) is 12.6 Å². The van der Waals surface area contributed by atoms with Crippen LogP contribution in [0.5, 0.6) is 11.5 Å². The second kappa shape index (κ2) is 8.89. The van der Waals surface area contributed by atoms with Crippen LogP contribution in [0.3, 0.4) is 0 Å². The molecule has 0 unspecified atom stereocenters. The Hall–Kier alpha value is -1.80. The van der Waals surface area contributed by atoms with Gasteiger partial charge < -0.3 is 14.8 Å². The Morgan fingerprint density at radius 1 is 1.21 bits per heavy atom. The number of nitrogens with zero attached hydrogens (tertiary/aromatic N) is 1. The van der Waals surface area contributed by atoms with Gasteiger partial charge in [-0.15, -0.1) is 0 Å². The van der Waals surface area contributed by atoms with Crippen LogP contribution < -0.4 is 14.8 Å². The summed E-state index contributed by atoms with van der Waals surface area (Å²) in [6.07, 6.45) is 1.70. The first kappa shape index (κ1) is 20.2. The van der Waals surface area contributed by atoms with Crippen LogP contribution in [0.4, 0.5) is 0 Å². The number of nitrogens with one attached hydrogen (secondary N) is 1. The molecule has 0 aromatic heterocycles. The molecule has 1 aromatic carbocycles. The van der Waals surface area contributed by atoms with Crippen LogP contribution in [-0.4, -0.2) is 58.2 Å². The highest BCUT2D eigenvalue weighted by Crippen LogP contribution is 2.27. The lowest BCUT2D eigenvalue weighted by atomic mass is 10.1. The summed E-state index contributed by atoms with van der Waals surface area (Å²) in [4.78, 5) is 12.0. The summed E-state index contributed by atoms with van der Waals surface area (Å²) in [5.74, 6) is 0.949. The van der Waals surface area contributed by atoms with E-state index in [1.165, 1.54) is 4.31 Å². The summed E-state index contributed by atoms with van der Waals surface area (Å²) in [7, 11) is -0.277. The fourth-order valence-corrected chi connectivity index (χ4v) is 3.38. The highest BCUT2D eigenvalue weighted by Gasteiger charge is 2.22. The van der Waals surface area contributed by atoms with Crippen molar-refractivity contribution in [1.82, 2.24) is 9.62 Å². The number of carbonyl (C=O) groups excluding carboxylic acids is 1. The molecule has 8 heteroatoms. The summed E-state index contributed by atoms with van der Waals surface area (Å²) in [6.45, 7) is 3.70. The number of rotatable bonds is 9. The molecule has 0 heterocycles. The van der Waals surface area contributed by atoms with Crippen LogP contribution in [0.1, 0.15) is 19.4 Å². The minimum Gasteiger partial charge on any atom is -0.493 e. The maximum Gasteiger partial charge on any atom is 0.235 e. The molecule has 7 nitrogen and oxygen atoms in total. The third-order valence-electron chi connectivity index (χ3n) is 3.49. The van der Waals surface area contributed by atoms with Crippen molar-refractivity contribution >= 4 is 15.9 Å². The highest BCUT2D eigenvalue weighted by molar-refractivity contribution is 7.88. The molecule has 0 bridgehead atoms. The fourth-order valence-electron chi connectivity index (χ4n) is 2.26. The SMILES string of the molecule is COc1ccc(CCNC(=O)CN(C(C)C)S(C)(=O)=O)cc1OC. The third kappa shape index (κ3) is 6.01. The Labute approximate surface area is 144 Å². The minimum absolute atomic E-state index is 0.178. The predicted octanol–water partition coefficient (Wildman–Crippen LogP) is 1.03. The minimum atomic E-state index is -3.41. The number of ether oxygens (including phenoxy) is 2. The summed E-state index contributed by atoms with van der Waals surface area (Å²) in [6, 6.07) is 5.28. The molecule has 0 atom stereocenters. The Morgan fingerprint density at radius 3 is 2.33 bits per heavy atom. The summed E-state index contributed by atoms with van der Waals surface area (Å²) in [5, 5.41) is 2.74. The molecule has 0 aliphatic rings. The molecular formula is C16H26N2O5S. The second-order valence-corrected chi connectivity index (χ2v) is 7.63. The zero-order valence-electron chi connectivity index (χ0n) is 14.8. The number of methoxy groups -OCH3 is 2. The van der Waals surface area contributed by atoms with Crippen molar-refractivity contribution in [1.29, 1.82) is 0 Å². The largest absolute Gasteiger partial charge is 0.493 e. The monoisotopic (exact) mass is 358 g/mol. The van der Waals surface area contributed by atoms with E-state index < -0.39 is 10.0 Å². The van der Waals surface area contributed by atoms with Gasteiger partial charge in [-0.1, -0.05) is 6.07 Å². The quantitative estimate of drug-likeness (QED) is 0.713. The molecule has 0 saturated heterocycles. The average Bonchev–Trinajstić information content (AvgIpc) is 2.51. The van der Waals surface area contributed by atoms with Crippen LogP contribution >= 0.6 is 0 Å². The van der Waals surface area contributed by atoms with Crippen molar-refractivity contribution < 1.29 is 22.7 Å². The van der Waals surface area contributed by atoms with Gasteiger partial charge in [0.15, 0.2) is 11.5 Å². The van der Waals surface area contributed by atoms with Gasteiger partial charge in [0.2, 0.25) is 15.9 Å². The standard InChI is InChI=1S/C16H26N2O5S/c1-12(2)18(24(5,20)21)11-16(19)17-9-8-13-6-7-14(22-3)15(10-13)23-4/h6-7,10,12H,8-9,11H2,1-5H3,(H,17,19). The van der Waals surface area contributed by atoms with Crippen LogP contribution in [0.2, 0.25) is 0 Å². The third-order valence-corrected chi connectivity index (χ3v) is 4.89. The van der Waals surface area contributed by atoms with E-state index in [-0.39, 0.29) is 18.5 Å². The zero-order chi connectivity index (χ0) is 18.3. The van der Waals surface area contributed by atoms with Gasteiger partial charge in [0.05, 0.1) is 27.0 Å². The summed E-state index contributed by atoms with van der Waals surface area (Å²) >= 11 is 0. The van der Waals surface area contributed by atoms with Crippen molar-refractivity contribution in [2.45, 2.75) is 26.3 Å². The number of amides is 1. The molecule has 0 fully saturated rings. The van der Waals surface area contributed by atoms with Gasteiger partial charge in [0.25, 0.3) is 0 Å².